The van der Waals surface area contributed by atoms with Crippen LogP contribution in [0.3, 0.4) is 0 Å². The fourth-order valence-corrected chi connectivity index (χ4v) is 2.01. The van der Waals surface area contributed by atoms with Gasteiger partial charge in [-0.25, -0.2) is 4.98 Å². The second-order valence-electron chi connectivity index (χ2n) is 6.56. The minimum Gasteiger partial charge on any atom is -0.357 e. The van der Waals surface area contributed by atoms with E-state index in [0.29, 0.717) is 12.0 Å². The Morgan fingerprint density at radius 1 is 1.41 bits per heavy atom. The number of nitrogens with zero attached hydrogens (tertiary/aromatic N) is 5. The van der Waals surface area contributed by atoms with E-state index in [9.17, 15) is 0 Å². The Bertz CT molecular complexity index is 449. The van der Waals surface area contributed by atoms with Crippen molar-refractivity contribution in [3.63, 3.8) is 0 Å². The van der Waals surface area contributed by atoms with Crippen molar-refractivity contribution >= 4 is 29.9 Å². The molecule has 0 radical (unpaired) electrons. The van der Waals surface area contributed by atoms with Crippen LogP contribution in [0.4, 0.5) is 0 Å². The molecule has 0 aliphatic carbocycles. The summed E-state index contributed by atoms with van der Waals surface area (Å²) in [7, 11) is 3.93. The molecule has 0 fully saturated rings. The lowest BCUT2D eigenvalue weighted by Crippen LogP contribution is -2.39. The van der Waals surface area contributed by atoms with Crippen LogP contribution in [-0.2, 0) is 13.6 Å². The van der Waals surface area contributed by atoms with Gasteiger partial charge in [-0.15, -0.1) is 24.0 Å². The summed E-state index contributed by atoms with van der Waals surface area (Å²) >= 11 is 0. The van der Waals surface area contributed by atoms with E-state index in [0.717, 1.165) is 31.3 Å². The first-order chi connectivity index (χ1) is 9.83. The molecule has 7 heteroatoms. The fourth-order valence-electron chi connectivity index (χ4n) is 2.01. The second-order valence-corrected chi connectivity index (χ2v) is 6.56. The summed E-state index contributed by atoms with van der Waals surface area (Å²) in [6.45, 7) is 11.3. The van der Waals surface area contributed by atoms with Crippen molar-refractivity contribution in [1.29, 1.82) is 0 Å². The number of aromatic nitrogens is 3. The molecule has 128 valence electrons. The Hall–Kier alpha value is -0.860. The van der Waals surface area contributed by atoms with Crippen LogP contribution in [0, 0.1) is 5.41 Å². The van der Waals surface area contributed by atoms with Gasteiger partial charge in [-0.1, -0.05) is 20.8 Å². The smallest absolute Gasteiger partial charge is 0.194 e. The van der Waals surface area contributed by atoms with Gasteiger partial charge >= 0.3 is 0 Å². The summed E-state index contributed by atoms with van der Waals surface area (Å²) in [5.74, 6) is 1.85. The van der Waals surface area contributed by atoms with Gasteiger partial charge in [0.15, 0.2) is 5.96 Å². The molecule has 1 N–H and O–H groups in total. The Balaban J connectivity index is 0.00000441. The van der Waals surface area contributed by atoms with E-state index in [-0.39, 0.29) is 24.0 Å². The summed E-state index contributed by atoms with van der Waals surface area (Å²) in [4.78, 5) is 11.0. The highest BCUT2D eigenvalue weighted by Gasteiger charge is 2.11. The highest BCUT2D eigenvalue weighted by atomic mass is 127. The lowest BCUT2D eigenvalue weighted by molar-refractivity contribution is 0.367. The van der Waals surface area contributed by atoms with Gasteiger partial charge < -0.3 is 10.2 Å². The molecule has 0 aromatic carbocycles. The van der Waals surface area contributed by atoms with Crippen molar-refractivity contribution in [3.8, 4) is 0 Å². The predicted octanol–water partition coefficient (Wildman–Crippen LogP) is 2.66. The molecule has 1 rings (SSSR count). The first-order valence-corrected chi connectivity index (χ1v) is 7.66. The lowest BCUT2D eigenvalue weighted by atomic mass is 9.91. The quantitative estimate of drug-likeness (QED) is 0.332. The van der Waals surface area contributed by atoms with Crippen LogP contribution in [0.25, 0.3) is 0 Å². The Morgan fingerprint density at radius 2 is 2.09 bits per heavy atom. The molecule has 0 spiro atoms. The standard InChI is InChI=1S/C15H30N6.HI/c1-7-16-14(17-10-8-9-15(2,3)4)20(5)11-13-18-12-19-21(13)6;/h12H,7-11H2,1-6H3,(H,16,17);1H. The van der Waals surface area contributed by atoms with Gasteiger partial charge in [-0.2, -0.15) is 5.10 Å². The third-order valence-electron chi connectivity index (χ3n) is 3.23. The number of halogens is 1. The van der Waals surface area contributed by atoms with Crippen LogP contribution in [0.5, 0.6) is 0 Å². The van der Waals surface area contributed by atoms with E-state index in [1.165, 1.54) is 6.42 Å². The van der Waals surface area contributed by atoms with Crippen molar-refractivity contribution in [2.75, 3.05) is 20.1 Å². The molecular weight excluding hydrogens is 391 g/mol. The van der Waals surface area contributed by atoms with Gasteiger partial charge in [0.05, 0.1) is 6.54 Å². The molecule has 1 aromatic heterocycles. The zero-order valence-electron chi connectivity index (χ0n) is 14.8. The number of rotatable bonds is 6. The van der Waals surface area contributed by atoms with Crippen molar-refractivity contribution in [3.05, 3.63) is 12.2 Å². The number of nitrogens with one attached hydrogen (secondary N) is 1. The maximum Gasteiger partial charge on any atom is 0.194 e. The van der Waals surface area contributed by atoms with Gasteiger partial charge in [0.1, 0.15) is 12.2 Å². The average molecular weight is 422 g/mol. The normalized spacial score (nSPS) is 12.0. The maximum absolute atomic E-state index is 4.70. The van der Waals surface area contributed by atoms with Gasteiger partial charge in [0.2, 0.25) is 0 Å². The largest absolute Gasteiger partial charge is 0.357 e. The summed E-state index contributed by atoms with van der Waals surface area (Å²) in [6, 6.07) is 0. The lowest BCUT2D eigenvalue weighted by Gasteiger charge is -2.22. The average Bonchev–Trinajstić information content (AvgIpc) is 2.77. The Morgan fingerprint density at radius 3 is 2.59 bits per heavy atom. The molecule has 0 atom stereocenters. The number of hydrogen-bond donors (Lipinski definition) is 1. The molecule has 0 aliphatic rings. The van der Waals surface area contributed by atoms with Crippen molar-refractivity contribution in [1.82, 2.24) is 25.0 Å². The summed E-state index contributed by atoms with van der Waals surface area (Å²) in [5.41, 5.74) is 0.373. The zero-order valence-corrected chi connectivity index (χ0v) is 17.1. The van der Waals surface area contributed by atoms with Gasteiger partial charge in [-0.05, 0) is 25.2 Å². The predicted molar refractivity (Wildman–Crippen MR) is 103 cm³/mol. The number of hydrogen-bond acceptors (Lipinski definition) is 3. The fraction of sp³-hybridized carbons (Fsp3) is 0.800. The van der Waals surface area contributed by atoms with Gasteiger partial charge in [0, 0.05) is 27.2 Å². The molecule has 1 heterocycles. The first-order valence-electron chi connectivity index (χ1n) is 7.66. The number of aliphatic imine (C=N–C) groups is 1. The van der Waals surface area contributed by atoms with E-state index in [1.54, 1.807) is 11.0 Å². The third kappa shape index (κ3) is 7.95. The summed E-state index contributed by atoms with van der Waals surface area (Å²) in [6.07, 6.45) is 3.87. The van der Waals surface area contributed by atoms with E-state index < -0.39 is 0 Å². The second kappa shape index (κ2) is 10.0. The molecule has 0 unspecified atom stereocenters. The Labute approximate surface area is 151 Å². The van der Waals surface area contributed by atoms with Crippen molar-refractivity contribution in [2.45, 2.75) is 47.1 Å². The van der Waals surface area contributed by atoms with E-state index in [1.807, 2.05) is 14.1 Å². The van der Waals surface area contributed by atoms with Crippen LogP contribution in [0.15, 0.2) is 11.3 Å². The molecule has 0 saturated heterocycles. The highest BCUT2D eigenvalue weighted by Crippen LogP contribution is 2.20. The topological polar surface area (TPSA) is 58.3 Å². The summed E-state index contributed by atoms with van der Waals surface area (Å²) < 4.78 is 1.79. The monoisotopic (exact) mass is 422 g/mol. The van der Waals surface area contributed by atoms with Crippen LogP contribution >= 0.6 is 24.0 Å². The van der Waals surface area contributed by atoms with Crippen LogP contribution in [-0.4, -0.2) is 45.8 Å². The number of guanidine groups is 1. The molecule has 0 aliphatic heterocycles. The molecule has 0 bridgehead atoms. The van der Waals surface area contributed by atoms with Crippen molar-refractivity contribution < 1.29 is 0 Å². The zero-order chi connectivity index (χ0) is 15.9. The highest BCUT2D eigenvalue weighted by molar-refractivity contribution is 14.0. The SMILES string of the molecule is CCNC(=NCCCC(C)(C)C)N(C)Cc1ncnn1C.I. The van der Waals surface area contributed by atoms with Crippen molar-refractivity contribution in [2.24, 2.45) is 17.5 Å². The van der Waals surface area contributed by atoms with E-state index >= 15 is 0 Å². The van der Waals surface area contributed by atoms with E-state index in [4.69, 9.17) is 4.99 Å². The van der Waals surface area contributed by atoms with E-state index in [2.05, 4.69) is 48.0 Å². The molecular formula is C15H31IN6. The summed E-state index contributed by atoms with van der Waals surface area (Å²) in [5, 5.41) is 7.43. The third-order valence-corrected chi connectivity index (χ3v) is 3.23. The molecule has 0 amide bonds. The number of aryl methyl sites for hydroxylation is 1. The molecule has 0 saturated carbocycles. The Kier molecular flexibility index (Phi) is 9.63. The van der Waals surface area contributed by atoms with Crippen LogP contribution in [0.1, 0.15) is 46.4 Å². The first kappa shape index (κ1) is 21.1. The van der Waals surface area contributed by atoms with Crippen LogP contribution in [0.2, 0.25) is 0 Å². The molecule has 22 heavy (non-hydrogen) atoms. The van der Waals surface area contributed by atoms with Gasteiger partial charge in [-0.3, -0.25) is 9.67 Å². The minimum atomic E-state index is 0. The molecule has 6 nitrogen and oxygen atoms in total. The van der Waals surface area contributed by atoms with Gasteiger partial charge in [0.25, 0.3) is 0 Å². The molecule has 1 aromatic rings. The van der Waals surface area contributed by atoms with Crippen LogP contribution < -0.4 is 5.32 Å². The minimum absolute atomic E-state index is 0. The maximum atomic E-state index is 4.70.